The van der Waals surface area contributed by atoms with Crippen LogP contribution in [0.4, 0.5) is 0 Å². The second-order valence-corrected chi connectivity index (χ2v) is 8.81. The van der Waals surface area contributed by atoms with E-state index in [1.165, 1.54) is 35.3 Å². The van der Waals surface area contributed by atoms with E-state index in [4.69, 9.17) is 0 Å². The maximum absolute atomic E-state index is 12.2. The molecule has 5 heteroatoms. The van der Waals surface area contributed by atoms with Gasteiger partial charge in [-0.15, -0.1) is 11.3 Å². The average molecular weight is 335 g/mol. The zero-order valence-corrected chi connectivity index (χ0v) is 14.1. The summed E-state index contributed by atoms with van der Waals surface area (Å²) in [4.78, 5) is 0. The van der Waals surface area contributed by atoms with Crippen LogP contribution in [0, 0.1) is 5.92 Å². The Balaban J connectivity index is 1.68. The molecular weight excluding hydrogens is 314 g/mol. The molecule has 0 bridgehead atoms. The second-order valence-electron chi connectivity index (χ2n) is 5.87. The molecule has 0 spiro atoms. The summed E-state index contributed by atoms with van der Waals surface area (Å²) in [6, 6.07) is 12.0. The van der Waals surface area contributed by atoms with Crippen LogP contribution in [0.5, 0.6) is 0 Å². The van der Waals surface area contributed by atoms with Gasteiger partial charge in [0, 0.05) is 6.54 Å². The standard InChI is InChI=1S/C17H21NO2S2/c19-22(20,17-10-5-11-21-17)18-13-14-6-1-2-7-15-8-3-4-9-16(15)12-14/h3-5,8-11,14,18H,1-2,6-7,12-13H2. The van der Waals surface area contributed by atoms with Gasteiger partial charge in [0.2, 0.25) is 10.0 Å². The van der Waals surface area contributed by atoms with Gasteiger partial charge in [-0.2, -0.15) is 0 Å². The fourth-order valence-electron chi connectivity index (χ4n) is 3.05. The van der Waals surface area contributed by atoms with E-state index in [2.05, 4.69) is 29.0 Å². The van der Waals surface area contributed by atoms with Crippen molar-refractivity contribution >= 4 is 21.4 Å². The number of aryl methyl sites for hydroxylation is 1. The van der Waals surface area contributed by atoms with Gasteiger partial charge >= 0.3 is 0 Å². The first-order valence-corrected chi connectivity index (χ1v) is 10.1. The van der Waals surface area contributed by atoms with Crippen molar-refractivity contribution < 1.29 is 8.42 Å². The first-order valence-electron chi connectivity index (χ1n) is 7.75. The minimum atomic E-state index is -3.35. The van der Waals surface area contributed by atoms with Crippen molar-refractivity contribution in [2.24, 2.45) is 5.92 Å². The van der Waals surface area contributed by atoms with Crippen LogP contribution in [0.1, 0.15) is 30.4 Å². The molecule has 0 aliphatic heterocycles. The van der Waals surface area contributed by atoms with Crippen LogP contribution in [0.3, 0.4) is 0 Å². The molecule has 1 aromatic carbocycles. The Morgan fingerprint density at radius 3 is 2.68 bits per heavy atom. The summed E-state index contributed by atoms with van der Waals surface area (Å²) in [6.07, 6.45) is 5.54. The molecule has 2 aromatic rings. The molecule has 22 heavy (non-hydrogen) atoms. The molecule has 1 aliphatic rings. The van der Waals surface area contributed by atoms with Gasteiger partial charge in [-0.05, 0) is 54.2 Å². The third-order valence-corrected chi connectivity index (χ3v) is 7.08. The van der Waals surface area contributed by atoms with Crippen LogP contribution >= 0.6 is 11.3 Å². The highest BCUT2D eigenvalue weighted by Gasteiger charge is 2.20. The van der Waals surface area contributed by atoms with Crippen LogP contribution in [0.15, 0.2) is 46.0 Å². The van der Waals surface area contributed by atoms with Crippen molar-refractivity contribution in [1.29, 1.82) is 0 Å². The van der Waals surface area contributed by atoms with Gasteiger partial charge in [-0.25, -0.2) is 13.1 Å². The highest BCUT2D eigenvalue weighted by Crippen LogP contribution is 2.24. The number of sulfonamides is 1. The SMILES string of the molecule is O=S(=O)(NCC1CCCCc2ccccc2C1)c1cccs1. The van der Waals surface area contributed by atoms with Crippen molar-refractivity contribution in [3.8, 4) is 0 Å². The molecule has 1 atom stereocenters. The Morgan fingerprint density at radius 1 is 1.09 bits per heavy atom. The maximum Gasteiger partial charge on any atom is 0.250 e. The predicted molar refractivity (Wildman–Crippen MR) is 90.7 cm³/mol. The number of nitrogens with one attached hydrogen (secondary N) is 1. The maximum atomic E-state index is 12.2. The van der Waals surface area contributed by atoms with Crippen LogP contribution in [0.25, 0.3) is 0 Å². The van der Waals surface area contributed by atoms with Gasteiger partial charge in [0.15, 0.2) is 0 Å². The van der Waals surface area contributed by atoms with Crippen molar-refractivity contribution in [3.05, 3.63) is 52.9 Å². The molecule has 1 aliphatic carbocycles. The highest BCUT2D eigenvalue weighted by atomic mass is 32.2. The molecule has 0 radical (unpaired) electrons. The monoisotopic (exact) mass is 335 g/mol. The molecule has 0 fully saturated rings. The molecule has 0 saturated heterocycles. The van der Waals surface area contributed by atoms with E-state index in [0.29, 0.717) is 16.7 Å². The number of hydrogen-bond acceptors (Lipinski definition) is 3. The van der Waals surface area contributed by atoms with E-state index in [0.717, 1.165) is 19.3 Å². The number of rotatable bonds is 4. The molecule has 118 valence electrons. The Kier molecular flexibility index (Phi) is 4.96. The normalized spacial score (nSPS) is 19.2. The van der Waals surface area contributed by atoms with Gasteiger partial charge in [0.1, 0.15) is 4.21 Å². The van der Waals surface area contributed by atoms with Crippen LogP contribution in [-0.2, 0) is 22.9 Å². The number of benzene rings is 1. The summed E-state index contributed by atoms with van der Waals surface area (Å²) in [5.41, 5.74) is 2.80. The van der Waals surface area contributed by atoms with Crippen molar-refractivity contribution in [1.82, 2.24) is 4.72 Å². The molecule has 1 N–H and O–H groups in total. The molecule has 1 heterocycles. The lowest BCUT2D eigenvalue weighted by Crippen LogP contribution is -2.30. The first-order chi connectivity index (χ1) is 10.6. The Labute approximate surface area is 136 Å². The van der Waals surface area contributed by atoms with E-state index in [1.54, 1.807) is 17.5 Å². The molecule has 3 rings (SSSR count). The average Bonchev–Trinajstić information content (AvgIpc) is 3.02. The number of thiophene rings is 1. The molecule has 0 saturated carbocycles. The summed E-state index contributed by atoms with van der Waals surface area (Å²) in [6.45, 7) is 0.522. The quantitative estimate of drug-likeness (QED) is 0.928. The zero-order chi connectivity index (χ0) is 15.4. The van der Waals surface area contributed by atoms with Crippen molar-refractivity contribution in [2.45, 2.75) is 36.3 Å². The van der Waals surface area contributed by atoms with Gasteiger partial charge in [0.05, 0.1) is 0 Å². The predicted octanol–water partition coefficient (Wildman–Crippen LogP) is 3.61. The lowest BCUT2D eigenvalue weighted by molar-refractivity contribution is 0.438. The molecule has 1 unspecified atom stereocenters. The van der Waals surface area contributed by atoms with E-state index in [9.17, 15) is 8.42 Å². The number of fused-ring (bicyclic) bond motifs is 1. The van der Waals surface area contributed by atoms with Gasteiger partial charge < -0.3 is 0 Å². The van der Waals surface area contributed by atoms with Crippen LogP contribution < -0.4 is 4.72 Å². The Hall–Kier alpha value is -1.17. The molecule has 0 amide bonds. The van der Waals surface area contributed by atoms with Crippen LogP contribution in [-0.4, -0.2) is 15.0 Å². The van der Waals surface area contributed by atoms with E-state index in [1.807, 2.05) is 0 Å². The molecular formula is C17H21NO2S2. The summed E-state index contributed by atoms with van der Waals surface area (Å²) < 4.78 is 27.7. The molecule has 3 nitrogen and oxygen atoms in total. The van der Waals surface area contributed by atoms with E-state index < -0.39 is 10.0 Å². The lowest BCUT2D eigenvalue weighted by Gasteiger charge is -2.22. The summed E-state index contributed by atoms with van der Waals surface area (Å²) in [7, 11) is -3.35. The minimum Gasteiger partial charge on any atom is -0.210 e. The fourth-order valence-corrected chi connectivity index (χ4v) is 5.21. The van der Waals surface area contributed by atoms with Crippen molar-refractivity contribution in [2.75, 3.05) is 6.54 Å². The third-order valence-electron chi connectivity index (χ3n) is 4.26. The zero-order valence-electron chi connectivity index (χ0n) is 12.5. The fraction of sp³-hybridized carbons (Fsp3) is 0.412. The smallest absolute Gasteiger partial charge is 0.210 e. The van der Waals surface area contributed by atoms with Gasteiger partial charge in [0.25, 0.3) is 0 Å². The minimum absolute atomic E-state index is 0.371. The number of hydrogen-bond donors (Lipinski definition) is 1. The lowest BCUT2D eigenvalue weighted by atomic mass is 9.87. The summed E-state index contributed by atoms with van der Waals surface area (Å²) in [5, 5.41) is 1.79. The third kappa shape index (κ3) is 3.77. The topological polar surface area (TPSA) is 46.2 Å². The first kappa shape index (κ1) is 15.7. The van der Waals surface area contributed by atoms with Crippen LogP contribution in [0.2, 0.25) is 0 Å². The highest BCUT2D eigenvalue weighted by molar-refractivity contribution is 7.91. The second kappa shape index (κ2) is 6.94. The van der Waals surface area contributed by atoms with Crippen molar-refractivity contribution in [3.63, 3.8) is 0 Å². The summed E-state index contributed by atoms with van der Waals surface area (Å²) in [5.74, 6) is 0.371. The Bertz CT molecular complexity index is 708. The Morgan fingerprint density at radius 2 is 1.91 bits per heavy atom. The van der Waals surface area contributed by atoms with E-state index >= 15 is 0 Å². The van der Waals surface area contributed by atoms with Gasteiger partial charge in [-0.1, -0.05) is 36.8 Å². The van der Waals surface area contributed by atoms with E-state index in [-0.39, 0.29) is 0 Å². The molecule has 1 aromatic heterocycles. The summed E-state index contributed by atoms with van der Waals surface area (Å²) >= 11 is 1.26. The largest absolute Gasteiger partial charge is 0.250 e. The van der Waals surface area contributed by atoms with Gasteiger partial charge in [-0.3, -0.25) is 0 Å².